The van der Waals surface area contributed by atoms with E-state index in [2.05, 4.69) is 33.0 Å². The molecule has 0 saturated heterocycles. The Morgan fingerprint density at radius 2 is 2.20 bits per heavy atom. The van der Waals surface area contributed by atoms with Crippen LogP contribution in [-0.2, 0) is 9.53 Å². The molecule has 0 aliphatic heterocycles. The number of carbonyl (C=O) groups excluding carboxylic acids is 1. The fourth-order valence-electron chi connectivity index (χ4n) is 2.39. The molecule has 1 aliphatic carbocycles. The fourth-order valence-corrected chi connectivity index (χ4v) is 3.16. The number of aromatic nitrogens is 4. The number of tetrazole rings is 1. The molecule has 134 valence electrons. The molecule has 8 heteroatoms. The van der Waals surface area contributed by atoms with Gasteiger partial charge in [0, 0.05) is 13.2 Å². The van der Waals surface area contributed by atoms with Gasteiger partial charge in [-0.05, 0) is 42.2 Å². The van der Waals surface area contributed by atoms with Gasteiger partial charge in [-0.3, -0.25) is 4.79 Å². The summed E-state index contributed by atoms with van der Waals surface area (Å²) >= 11 is 1.38. The SMILES string of the molecule is CC(OCCCNC(=O)CSc1nnnn1C1CC1)c1ccccc1. The van der Waals surface area contributed by atoms with Crippen LogP contribution in [0.4, 0.5) is 0 Å². The summed E-state index contributed by atoms with van der Waals surface area (Å²) in [6.07, 6.45) is 3.08. The fraction of sp³-hybridized carbons (Fsp3) is 0.529. The van der Waals surface area contributed by atoms with Crippen molar-refractivity contribution in [3.05, 3.63) is 35.9 Å². The molecule has 1 amide bonds. The van der Waals surface area contributed by atoms with Crippen molar-refractivity contribution in [2.45, 2.75) is 43.5 Å². The average molecular weight is 361 g/mol. The Hall–Kier alpha value is -1.93. The number of benzene rings is 1. The third-order valence-electron chi connectivity index (χ3n) is 3.97. The Kier molecular flexibility index (Phi) is 6.41. The van der Waals surface area contributed by atoms with Gasteiger partial charge in [0.25, 0.3) is 0 Å². The second-order valence-corrected chi connectivity index (χ2v) is 7.00. The summed E-state index contributed by atoms with van der Waals surface area (Å²) in [4.78, 5) is 11.9. The molecule has 1 atom stereocenters. The number of rotatable bonds is 10. The highest BCUT2D eigenvalue weighted by molar-refractivity contribution is 7.99. The van der Waals surface area contributed by atoms with E-state index in [9.17, 15) is 4.79 Å². The van der Waals surface area contributed by atoms with E-state index in [1.807, 2.05) is 29.8 Å². The number of nitrogens with zero attached hydrogens (tertiary/aromatic N) is 4. The predicted octanol–water partition coefficient (Wildman–Crippen LogP) is 2.38. The third kappa shape index (κ3) is 5.54. The molecule has 0 radical (unpaired) electrons. The Balaban J connectivity index is 1.27. The number of nitrogens with one attached hydrogen (secondary N) is 1. The highest BCUT2D eigenvalue weighted by atomic mass is 32.2. The van der Waals surface area contributed by atoms with E-state index in [0.717, 1.165) is 30.0 Å². The molecule has 1 saturated carbocycles. The van der Waals surface area contributed by atoms with Crippen LogP contribution in [0.15, 0.2) is 35.5 Å². The normalized spacial score (nSPS) is 15.1. The summed E-state index contributed by atoms with van der Waals surface area (Å²) in [5, 5.41) is 15.3. The zero-order chi connectivity index (χ0) is 17.5. The van der Waals surface area contributed by atoms with E-state index < -0.39 is 0 Å². The van der Waals surface area contributed by atoms with Crippen molar-refractivity contribution in [2.24, 2.45) is 0 Å². The van der Waals surface area contributed by atoms with E-state index in [4.69, 9.17) is 4.74 Å². The van der Waals surface area contributed by atoms with Crippen molar-refractivity contribution < 1.29 is 9.53 Å². The lowest BCUT2D eigenvalue weighted by atomic mass is 10.1. The second kappa shape index (κ2) is 8.96. The molecule has 1 heterocycles. The number of hydrogen-bond donors (Lipinski definition) is 1. The summed E-state index contributed by atoms with van der Waals surface area (Å²) in [7, 11) is 0. The van der Waals surface area contributed by atoms with Crippen molar-refractivity contribution in [3.8, 4) is 0 Å². The van der Waals surface area contributed by atoms with E-state index >= 15 is 0 Å². The molecular formula is C17H23N5O2S. The molecule has 2 aromatic rings. The minimum atomic E-state index is -0.00791. The van der Waals surface area contributed by atoms with Gasteiger partial charge in [-0.1, -0.05) is 42.1 Å². The Morgan fingerprint density at radius 3 is 2.96 bits per heavy atom. The zero-order valence-electron chi connectivity index (χ0n) is 14.3. The lowest BCUT2D eigenvalue weighted by Gasteiger charge is -2.13. The Labute approximate surface area is 151 Å². The number of ether oxygens (including phenoxy) is 1. The standard InChI is InChI=1S/C17H23N5O2S/c1-13(14-6-3-2-4-7-14)24-11-5-10-18-16(23)12-25-17-19-20-21-22(17)15-8-9-15/h2-4,6-7,13,15H,5,8-12H2,1H3,(H,18,23). The van der Waals surface area contributed by atoms with Gasteiger partial charge in [-0.15, -0.1) is 5.10 Å². The smallest absolute Gasteiger partial charge is 0.230 e. The van der Waals surface area contributed by atoms with Crippen molar-refractivity contribution in [1.82, 2.24) is 25.5 Å². The first-order chi connectivity index (χ1) is 12.2. The summed E-state index contributed by atoms with van der Waals surface area (Å²) in [6.45, 7) is 3.26. The van der Waals surface area contributed by atoms with Gasteiger partial charge in [-0.25, -0.2) is 4.68 Å². The molecule has 1 aromatic carbocycles. The van der Waals surface area contributed by atoms with Crippen LogP contribution in [0, 0.1) is 0 Å². The molecule has 25 heavy (non-hydrogen) atoms. The van der Waals surface area contributed by atoms with Crippen molar-refractivity contribution in [3.63, 3.8) is 0 Å². The lowest BCUT2D eigenvalue weighted by molar-refractivity contribution is -0.118. The molecule has 1 fully saturated rings. The van der Waals surface area contributed by atoms with E-state index in [1.54, 1.807) is 0 Å². The highest BCUT2D eigenvalue weighted by Crippen LogP contribution is 2.36. The van der Waals surface area contributed by atoms with E-state index in [0.29, 0.717) is 24.9 Å². The van der Waals surface area contributed by atoms with Crippen LogP contribution < -0.4 is 5.32 Å². The first-order valence-corrected chi connectivity index (χ1v) is 9.56. The third-order valence-corrected chi connectivity index (χ3v) is 4.90. The lowest BCUT2D eigenvalue weighted by Crippen LogP contribution is -2.27. The van der Waals surface area contributed by atoms with Crippen LogP contribution in [0.5, 0.6) is 0 Å². The minimum Gasteiger partial charge on any atom is -0.374 e. The van der Waals surface area contributed by atoms with Gasteiger partial charge < -0.3 is 10.1 Å². The van der Waals surface area contributed by atoms with Gasteiger partial charge in [-0.2, -0.15) is 0 Å². The quantitative estimate of drug-likeness (QED) is 0.517. The van der Waals surface area contributed by atoms with Crippen molar-refractivity contribution in [1.29, 1.82) is 0 Å². The molecule has 0 spiro atoms. The number of thioether (sulfide) groups is 1. The largest absolute Gasteiger partial charge is 0.374 e. The second-order valence-electron chi connectivity index (χ2n) is 6.05. The first kappa shape index (κ1) is 17.9. The van der Waals surface area contributed by atoms with Crippen molar-refractivity contribution in [2.75, 3.05) is 18.9 Å². The molecule has 1 N–H and O–H groups in total. The van der Waals surface area contributed by atoms with Crippen LogP contribution in [0.2, 0.25) is 0 Å². The molecule has 1 aromatic heterocycles. The molecule has 3 rings (SSSR count). The molecule has 7 nitrogen and oxygen atoms in total. The van der Waals surface area contributed by atoms with Crippen LogP contribution in [0.1, 0.15) is 43.9 Å². The molecule has 1 unspecified atom stereocenters. The van der Waals surface area contributed by atoms with Gasteiger partial charge in [0.1, 0.15) is 0 Å². The Bertz CT molecular complexity index is 675. The van der Waals surface area contributed by atoms with E-state index in [-0.39, 0.29) is 12.0 Å². The highest BCUT2D eigenvalue weighted by Gasteiger charge is 2.28. The average Bonchev–Trinajstić information content (AvgIpc) is 3.38. The Morgan fingerprint density at radius 1 is 1.40 bits per heavy atom. The maximum atomic E-state index is 11.9. The summed E-state index contributed by atoms with van der Waals surface area (Å²) in [6, 6.07) is 10.5. The molecule has 0 bridgehead atoms. The number of hydrogen-bond acceptors (Lipinski definition) is 6. The van der Waals surface area contributed by atoms with Gasteiger partial charge in [0.05, 0.1) is 17.9 Å². The van der Waals surface area contributed by atoms with Crippen LogP contribution in [0.25, 0.3) is 0 Å². The van der Waals surface area contributed by atoms with Crippen molar-refractivity contribution >= 4 is 17.7 Å². The van der Waals surface area contributed by atoms with E-state index in [1.165, 1.54) is 11.8 Å². The topological polar surface area (TPSA) is 81.9 Å². The molecular weight excluding hydrogens is 338 g/mol. The monoisotopic (exact) mass is 361 g/mol. The molecule has 1 aliphatic rings. The maximum Gasteiger partial charge on any atom is 0.230 e. The van der Waals surface area contributed by atoms with Crippen LogP contribution in [-0.4, -0.2) is 45.0 Å². The number of carbonyl (C=O) groups is 1. The minimum absolute atomic E-state index is 0.00791. The summed E-state index contributed by atoms with van der Waals surface area (Å²) in [5.41, 5.74) is 1.16. The van der Waals surface area contributed by atoms with Crippen LogP contribution in [0.3, 0.4) is 0 Å². The van der Waals surface area contributed by atoms with Gasteiger partial charge in [0.2, 0.25) is 11.1 Å². The van der Waals surface area contributed by atoms with Gasteiger partial charge in [0.15, 0.2) is 0 Å². The summed E-state index contributed by atoms with van der Waals surface area (Å²) in [5.74, 6) is 0.320. The zero-order valence-corrected chi connectivity index (χ0v) is 15.1. The predicted molar refractivity (Wildman–Crippen MR) is 95.2 cm³/mol. The first-order valence-electron chi connectivity index (χ1n) is 8.58. The maximum absolute atomic E-state index is 11.9. The van der Waals surface area contributed by atoms with Crippen LogP contribution >= 0.6 is 11.8 Å². The van der Waals surface area contributed by atoms with Gasteiger partial charge >= 0.3 is 0 Å². The summed E-state index contributed by atoms with van der Waals surface area (Å²) < 4.78 is 7.61. The number of amides is 1.